The maximum Gasteiger partial charge on any atom is 0.226 e. The fourth-order valence-electron chi connectivity index (χ4n) is 2.88. The first-order valence-corrected chi connectivity index (χ1v) is 10.5. The highest BCUT2D eigenvalue weighted by Crippen LogP contribution is 2.31. The lowest BCUT2D eigenvalue weighted by Gasteiger charge is -2.06. The van der Waals surface area contributed by atoms with E-state index in [9.17, 15) is 4.79 Å². The van der Waals surface area contributed by atoms with Gasteiger partial charge in [0.25, 0.3) is 0 Å². The Morgan fingerprint density at radius 2 is 1.97 bits per heavy atom. The minimum absolute atomic E-state index is 0.0588. The molecule has 0 unspecified atom stereocenters. The number of carbonyl (C=O) groups is 1. The van der Waals surface area contributed by atoms with E-state index in [1.807, 2.05) is 37.3 Å². The summed E-state index contributed by atoms with van der Waals surface area (Å²) in [5.74, 6) is 1.40. The largest absolute Gasteiger partial charge is 0.497 e. The monoisotopic (exact) mass is 421 g/mol. The predicted molar refractivity (Wildman–Crippen MR) is 118 cm³/mol. The number of ether oxygens (including phenoxy) is 2. The fourth-order valence-corrected chi connectivity index (χ4v) is 3.73. The van der Waals surface area contributed by atoms with Crippen LogP contribution in [0.25, 0.3) is 11.3 Å². The number of thiazole rings is 1. The number of benzene rings is 2. The number of anilines is 1. The molecule has 1 N–H and O–H groups in total. The number of carbonyl (C=O) groups excluding carboxylic acids is 1. The highest BCUT2D eigenvalue weighted by Gasteiger charge is 2.12. The Labute approximate surface area is 180 Å². The third-order valence-corrected chi connectivity index (χ3v) is 5.32. The van der Waals surface area contributed by atoms with Gasteiger partial charge in [-0.3, -0.25) is 4.79 Å². The first-order chi connectivity index (χ1) is 14.6. The number of amides is 1. The highest BCUT2D eigenvalue weighted by molar-refractivity contribution is 7.16. The highest BCUT2D eigenvalue weighted by atomic mass is 32.1. The van der Waals surface area contributed by atoms with Crippen molar-refractivity contribution in [1.82, 2.24) is 4.98 Å². The lowest BCUT2D eigenvalue weighted by atomic mass is 10.1. The van der Waals surface area contributed by atoms with Crippen LogP contribution >= 0.6 is 11.3 Å². The molecule has 3 rings (SSSR count). The molecule has 1 amide bonds. The lowest BCUT2D eigenvalue weighted by Crippen LogP contribution is -2.11. The van der Waals surface area contributed by atoms with Gasteiger partial charge in [0.05, 0.1) is 31.0 Å². The van der Waals surface area contributed by atoms with Crippen molar-refractivity contribution in [3.63, 3.8) is 0 Å². The molecule has 0 bridgehead atoms. The van der Waals surface area contributed by atoms with Crippen molar-refractivity contribution in [2.45, 2.75) is 26.2 Å². The Kier molecular flexibility index (Phi) is 7.41. The predicted octanol–water partition coefficient (Wildman–Crippen LogP) is 5.19. The van der Waals surface area contributed by atoms with Crippen molar-refractivity contribution in [2.24, 2.45) is 0 Å². The second-order valence-corrected chi connectivity index (χ2v) is 7.85. The average Bonchev–Trinajstić information content (AvgIpc) is 3.13. The van der Waals surface area contributed by atoms with Crippen LogP contribution in [0.2, 0.25) is 0 Å². The molecule has 0 atom stereocenters. The standard InChI is InChI=1S/C23H23N3O3S/c1-16-22(18-9-11-19(28-2)12-10-18)26-23(30-16)25-21(27)8-3-4-13-29-20-7-5-6-17(14-20)15-24/h5-7,9-12,14H,3-4,8,13H2,1-2H3,(H,25,26,27). The molecule has 154 valence electrons. The molecule has 0 spiro atoms. The molecular weight excluding hydrogens is 398 g/mol. The normalized spacial score (nSPS) is 10.3. The van der Waals surface area contributed by atoms with Crippen LogP contribution in [0.4, 0.5) is 5.13 Å². The van der Waals surface area contributed by atoms with E-state index in [0.29, 0.717) is 35.9 Å². The van der Waals surface area contributed by atoms with E-state index >= 15 is 0 Å². The summed E-state index contributed by atoms with van der Waals surface area (Å²) in [6.45, 7) is 2.49. The van der Waals surface area contributed by atoms with Crippen molar-refractivity contribution in [3.8, 4) is 28.8 Å². The fraction of sp³-hybridized carbons (Fsp3) is 0.261. The summed E-state index contributed by atoms with van der Waals surface area (Å²) in [5.41, 5.74) is 2.42. The van der Waals surface area contributed by atoms with E-state index < -0.39 is 0 Å². The summed E-state index contributed by atoms with van der Waals surface area (Å²) in [6.07, 6.45) is 1.86. The number of aromatic nitrogens is 1. The van der Waals surface area contributed by atoms with Crippen LogP contribution in [0.5, 0.6) is 11.5 Å². The van der Waals surface area contributed by atoms with Crippen molar-refractivity contribution < 1.29 is 14.3 Å². The summed E-state index contributed by atoms with van der Waals surface area (Å²) in [7, 11) is 1.63. The van der Waals surface area contributed by atoms with Gasteiger partial charge in [0, 0.05) is 16.9 Å². The minimum Gasteiger partial charge on any atom is -0.497 e. The number of methoxy groups -OCH3 is 1. The topological polar surface area (TPSA) is 84.2 Å². The van der Waals surface area contributed by atoms with Gasteiger partial charge in [-0.25, -0.2) is 4.98 Å². The lowest BCUT2D eigenvalue weighted by molar-refractivity contribution is -0.116. The second kappa shape index (κ2) is 10.4. The first kappa shape index (κ1) is 21.3. The maximum atomic E-state index is 12.2. The van der Waals surface area contributed by atoms with E-state index in [2.05, 4.69) is 16.4 Å². The minimum atomic E-state index is -0.0588. The van der Waals surface area contributed by atoms with Gasteiger partial charge >= 0.3 is 0 Å². The van der Waals surface area contributed by atoms with Gasteiger partial charge in [0.2, 0.25) is 5.91 Å². The van der Waals surface area contributed by atoms with E-state index in [4.69, 9.17) is 14.7 Å². The average molecular weight is 422 g/mol. The van der Waals surface area contributed by atoms with Gasteiger partial charge in [0.15, 0.2) is 5.13 Å². The molecule has 6 nitrogen and oxygen atoms in total. The molecule has 30 heavy (non-hydrogen) atoms. The number of hydrogen-bond donors (Lipinski definition) is 1. The van der Waals surface area contributed by atoms with Crippen LogP contribution < -0.4 is 14.8 Å². The van der Waals surface area contributed by atoms with Crippen LogP contribution in [0.1, 0.15) is 29.7 Å². The second-order valence-electron chi connectivity index (χ2n) is 6.65. The number of aryl methyl sites for hydroxylation is 1. The molecule has 1 heterocycles. The van der Waals surface area contributed by atoms with Crippen LogP contribution in [0.15, 0.2) is 48.5 Å². The zero-order chi connectivity index (χ0) is 21.3. The Hall–Kier alpha value is -3.37. The molecule has 0 saturated heterocycles. The zero-order valence-electron chi connectivity index (χ0n) is 17.0. The molecule has 0 radical (unpaired) electrons. The molecule has 0 aliphatic carbocycles. The molecule has 3 aromatic rings. The van der Waals surface area contributed by atoms with Crippen LogP contribution in [-0.2, 0) is 4.79 Å². The summed E-state index contributed by atoms with van der Waals surface area (Å²) in [4.78, 5) is 17.8. The summed E-state index contributed by atoms with van der Waals surface area (Å²) >= 11 is 1.47. The van der Waals surface area contributed by atoms with Gasteiger partial charge in [-0.2, -0.15) is 5.26 Å². The summed E-state index contributed by atoms with van der Waals surface area (Å²) < 4.78 is 10.8. The number of nitriles is 1. The maximum absolute atomic E-state index is 12.2. The zero-order valence-corrected chi connectivity index (χ0v) is 17.8. The number of rotatable bonds is 9. The van der Waals surface area contributed by atoms with Gasteiger partial charge in [-0.1, -0.05) is 6.07 Å². The van der Waals surface area contributed by atoms with Gasteiger partial charge in [0.1, 0.15) is 11.5 Å². The SMILES string of the molecule is COc1ccc(-c2nc(NC(=O)CCCCOc3cccc(C#N)c3)sc2C)cc1. The third-order valence-electron chi connectivity index (χ3n) is 4.44. The van der Waals surface area contributed by atoms with Crippen molar-refractivity contribution >= 4 is 22.4 Å². The van der Waals surface area contributed by atoms with Crippen molar-refractivity contribution in [2.75, 3.05) is 19.0 Å². The van der Waals surface area contributed by atoms with Crippen LogP contribution in [-0.4, -0.2) is 24.6 Å². The van der Waals surface area contributed by atoms with E-state index in [1.54, 1.807) is 25.3 Å². The van der Waals surface area contributed by atoms with E-state index in [0.717, 1.165) is 28.3 Å². The van der Waals surface area contributed by atoms with Crippen LogP contribution in [0, 0.1) is 18.3 Å². The van der Waals surface area contributed by atoms with Gasteiger partial charge in [-0.05, 0) is 62.2 Å². The summed E-state index contributed by atoms with van der Waals surface area (Å²) in [6, 6.07) is 16.8. The smallest absolute Gasteiger partial charge is 0.226 e. The molecular formula is C23H23N3O3S. The van der Waals surface area contributed by atoms with E-state index in [-0.39, 0.29) is 5.91 Å². The quantitative estimate of drug-likeness (QED) is 0.481. The Bertz CT molecular complexity index is 1040. The van der Waals surface area contributed by atoms with Crippen molar-refractivity contribution in [3.05, 3.63) is 59.0 Å². The van der Waals surface area contributed by atoms with Crippen molar-refractivity contribution in [1.29, 1.82) is 5.26 Å². The molecule has 7 heteroatoms. The molecule has 2 aromatic carbocycles. The third kappa shape index (κ3) is 5.82. The molecule has 0 saturated carbocycles. The number of hydrogen-bond acceptors (Lipinski definition) is 6. The summed E-state index contributed by atoms with van der Waals surface area (Å²) in [5, 5.41) is 12.4. The Morgan fingerprint density at radius 1 is 1.17 bits per heavy atom. The number of nitrogens with zero attached hydrogens (tertiary/aromatic N) is 2. The number of unbranched alkanes of at least 4 members (excludes halogenated alkanes) is 1. The van der Waals surface area contributed by atoms with Gasteiger partial charge < -0.3 is 14.8 Å². The van der Waals surface area contributed by atoms with Gasteiger partial charge in [-0.15, -0.1) is 11.3 Å². The number of nitrogens with one attached hydrogen (secondary N) is 1. The molecule has 0 aliphatic rings. The molecule has 1 aromatic heterocycles. The molecule has 0 aliphatic heterocycles. The Morgan fingerprint density at radius 3 is 2.70 bits per heavy atom. The first-order valence-electron chi connectivity index (χ1n) is 9.63. The molecule has 0 fully saturated rings. The van der Waals surface area contributed by atoms with Crippen LogP contribution in [0.3, 0.4) is 0 Å². The Balaban J connectivity index is 1.44. The van der Waals surface area contributed by atoms with E-state index in [1.165, 1.54) is 11.3 Å².